The molecule has 0 aliphatic rings. The van der Waals surface area contributed by atoms with E-state index in [1.165, 1.54) is 24.1 Å². The monoisotopic (exact) mass is 326 g/mol. The van der Waals surface area contributed by atoms with Crippen molar-refractivity contribution >= 4 is 21.6 Å². The number of hydrogen-bond acceptors (Lipinski definition) is 2. The lowest BCUT2D eigenvalue weighted by Gasteiger charge is -2.32. The van der Waals surface area contributed by atoms with Crippen LogP contribution >= 0.6 is 15.9 Å². The lowest BCUT2D eigenvalue weighted by Crippen LogP contribution is -2.33. The van der Waals surface area contributed by atoms with E-state index in [0.717, 1.165) is 17.4 Å². The molecule has 0 heterocycles. The zero-order chi connectivity index (χ0) is 14.4. The fourth-order valence-electron chi connectivity index (χ4n) is 2.17. The number of nitrogens with zero attached hydrogens (tertiary/aromatic N) is 1. The van der Waals surface area contributed by atoms with Crippen LogP contribution in [0, 0.1) is 0 Å². The molecule has 0 aliphatic carbocycles. The molecule has 1 aromatic rings. The average Bonchev–Trinajstić information content (AvgIpc) is 2.39. The molecule has 2 nitrogen and oxygen atoms in total. The Morgan fingerprint density at radius 3 is 2.42 bits per heavy atom. The van der Waals surface area contributed by atoms with Gasteiger partial charge in [0.05, 0.1) is 5.69 Å². The van der Waals surface area contributed by atoms with Gasteiger partial charge in [0.15, 0.2) is 0 Å². The smallest absolute Gasteiger partial charge is 0.0513 e. The molecule has 19 heavy (non-hydrogen) atoms. The standard InChI is InChI=1S/C16H27BrN2/c1-5-7-10-19(12(3)6-2)16-9-8-14(13(4)18)11-15(16)17/h8-9,11-13H,5-7,10,18H2,1-4H3/t12?,13-/m0/s1. The van der Waals surface area contributed by atoms with Crippen LogP contribution < -0.4 is 10.6 Å². The topological polar surface area (TPSA) is 29.3 Å². The van der Waals surface area contributed by atoms with Crippen molar-refractivity contribution in [1.82, 2.24) is 0 Å². The molecule has 108 valence electrons. The Morgan fingerprint density at radius 1 is 1.26 bits per heavy atom. The lowest BCUT2D eigenvalue weighted by molar-refractivity contribution is 0.594. The van der Waals surface area contributed by atoms with Crippen LogP contribution in [0.2, 0.25) is 0 Å². The molecule has 1 aromatic carbocycles. The van der Waals surface area contributed by atoms with Gasteiger partial charge in [-0.3, -0.25) is 0 Å². The Balaban J connectivity index is 3.01. The van der Waals surface area contributed by atoms with Crippen LogP contribution in [0.5, 0.6) is 0 Å². The molecule has 1 rings (SSSR count). The van der Waals surface area contributed by atoms with E-state index in [1.807, 2.05) is 6.92 Å². The highest BCUT2D eigenvalue weighted by Crippen LogP contribution is 2.31. The van der Waals surface area contributed by atoms with Gasteiger partial charge in [0, 0.05) is 23.1 Å². The van der Waals surface area contributed by atoms with Crippen molar-refractivity contribution in [2.45, 2.75) is 59.0 Å². The van der Waals surface area contributed by atoms with Gasteiger partial charge in [0.1, 0.15) is 0 Å². The molecule has 0 aromatic heterocycles. The zero-order valence-corrected chi connectivity index (χ0v) is 14.2. The van der Waals surface area contributed by atoms with Crippen molar-refractivity contribution in [3.8, 4) is 0 Å². The highest BCUT2D eigenvalue weighted by molar-refractivity contribution is 9.10. The van der Waals surface area contributed by atoms with Gasteiger partial charge >= 0.3 is 0 Å². The van der Waals surface area contributed by atoms with Gasteiger partial charge in [-0.2, -0.15) is 0 Å². The number of benzene rings is 1. The molecule has 1 unspecified atom stereocenters. The predicted molar refractivity (Wildman–Crippen MR) is 88.8 cm³/mol. The molecular formula is C16H27BrN2. The molecule has 0 spiro atoms. The van der Waals surface area contributed by atoms with Crippen molar-refractivity contribution < 1.29 is 0 Å². The third-order valence-corrected chi connectivity index (χ3v) is 4.32. The van der Waals surface area contributed by atoms with E-state index in [-0.39, 0.29) is 6.04 Å². The van der Waals surface area contributed by atoms with Crippen LogP contribution in [0.1, 0.15) is 58.6 Å². The minimum atomic E-state index is 0.0815. The van der Waals surface area contributed by atoms with Gasteiger partial charge in [-0.25, -0.2) is 0 Å². The normalized spacial score (nSPS) is 14.2. The quantitative estimate of drug-likeness (QED) is 0.774. The van der Waals surface area contributed by atoms with Crippen molar-refractivity contribution in [2.24, 2.45) is 5.73 Å². The Morgan fingerprint density at radius 2 is 1.95 bits per heavy atom. The molecular weight excluding hydrogens is 300 g/mol. The first-order valence-corrected chi connectivity index (χ1v) is 8.12. The van der Waals surface area contributed by atoms with E-state index in [0.29, 0.717) is 6.04 Å². The molecule has 0 fully saturated rings. The summed E-state index contributed by atoms with van der Waals surface area (Å²) in [4.78, 5) is 2.50. The Labute approximate surface area is 126 Å². The van der Waals surface area contributed by atoms with Gasteiger partial charge in [0.25, 0.3) is 0 Å². The largest absolute Gasteiger partial charge is 0.368 e. The van der Waals surface area contributed by atoms with E-state index in [9.17, 15) is 0 Å². The Hall–Kier alpha value is -0.540. The predicted octanol–water partition coefficient (Wildman–Crippen LogP) is 4.87. The summed E-state index contributed by atoms with van der Waals surface area (Å²) in [6, 6.07) is 7.14. The molecule has 0 bridgehead atoms. The van der Waals surface area contributed by atoms with Crippen LogP contribution in [0.4, 0.5) is 5.69 Å². The number of unbranched alkanes of at least 4 members (excludes halogenated alkanes) is 1. The van der Waals surface area contributed by atoms with Crippen LogP contribution in [0.3, 0.4) is 0 Å². The summed E-state index contributed by atoms with van der Waals surface area (Å²) < 4.78 is 1.15. The number of nitrogens with two attached hydrogens (primary N) is 1. The van der Waals surface area contributed by atoms with Gasteiger partial charge < -0.3 is 10.6 Å². The molecule has 0 amide bonds. The maximum Gasteiger partial charge on any atom is 0.0513 e. The molecule has 0 saturated heterocycles. The van der Waals surface area contributed by atoms with E-state index in [4.69, 9.17) is 5.73 Å². The number of anilines is 1. The number of rotatable bonds is 7. The van der Waals surface area contributed by atoms with Gasteiger partial charge in [-0.05, 0) is 60.3 Å². The number of halogens is 1. The van der Waals surface area contributed by atoms with Gasteiger partial charge in [-0.1, -0.05) is 26.3 Å². The highest BCUT2D eigenvalue weighted by Gasteiger charge is 2.15. The molecule has 2 atom stereocenters. The Kier molecular flexibility index (Phi) is 6.87. The van der Waals surface area contributed by atoms with Crippen molar-refractivity contribution in [1.29, 1.82) is 0 Å². The van der Waals surface area contributed by atoms with E-state index in [1.54, 1.807) is 0 Å². The summed E-state index contributed by atoms with van der Waals surface area (Å²) in [5.41, 5.74) is 8.40. The third-order valence-electron chi connectivity index (χ3n) is 3.68. The second-order valence-corrected chi connectivity index (χ2v) is 6.16. The van der Waals surface area contributed by atoms with E-state index in [2.05, 4.69) is 59.8 Å². The van der Waals surface area contributed by atoms with Crippen LogP contribution in [-0.4, -0.2) is 12.6 Å². The van der Waals surface area contributed by atoms with Crippen molar-refractivity contribution in [3.63, 3.8) is 0 Å². The van der Waals surface area contributed by atoms with Gasteiger partial charge in [0.2, 0.25) is 0 Å². The maximum absolute atomic E-state index is 5.94. The minimum Gasteiger partial charge on any atom is -0.368 e. The SMILES string of the molecule is CCCCN(c1ccc([C@H](C)N)cc1Br)C(C)CC. The van der Waals surface area contributed by atoms with Gasteiger partial charge in [-0.15, -0.1) is 0 Å². The lowest BCUT2D eigenvalue weighted by atomic mass is 10.1. The first kappa shape index (κ1) is 16.5. The molecule has 0 saturated carbocycles. The highest BCUT2D eigenvalue weighted by atomic mass is 79.9. The summed E-state index contributed by atoms with van der Waals surface area (Å²) in [6.45, 7) is 9.91. The first-order valence-electron chi connectivity index (χ1n) is 7.32. The summed E-state index contributed by atoms with van der Waals surface area (Å²) in [5, 5.41) is 0. The molecule has 2 N–H and O–H groups in total. The summed E-state index contributed by atoms with van der Waals surface area (Å²) in [7, 11) is 0. The summed E-state index contributed by atoms with van der Waals surface area (Å²) >= 11 is 3.71. The second-order valence-electron chi connectivity index (χ2n) is 5.30. The average molecular weight is 327 g/mol. The van der Waals surface area contributed by atoms with Crippen LogP contribution in [-0.2, 0) is 0 Å². The third kappa shape index (κ3) is 4.50. The maximum atomic E-state index is 5.94. The minimum absolute atomic E-state index is 0.0815. The molecule has 0 aliphatic heterocycles. The van der Waals surface area contributed by atoms with Crippen molar-refractivity contribution in [2.75, 3.05) is 11.4 Å². The van der Waals surface area contributed by atoms with E-state index >= 15 is 0 Å². The number of hydrogen-bond donors (Lipinski definition) is 1. The molecule has 0 radical (unpaired) electrons. The van der Waals surface area contributed by atoms with Crippen molar-refractivity contribution in [3.05, 3.63) is 28.2 Å². The fourth-order valence-corrected chi connectivity index (χ4v) is 2.79. The summed E-state index contributed by atoms with van der Waals surface area (Å²) in [6.07, 6.45) is 3.61. The molecule has 3 heteroatoms. The summed E-state index contributed by atoms with van der Waals surface area (Å²) in [5.74, 6) is 0. The second kappa shape index (κ2) is 7.91. The first-order chi connectivity index (χ1) is 9.01. The Bertz CT molecular complexity index is 390. The van der Waals surface area contributed by atoms with E-state index < -0.39 is 0 Å². The fraction of sp³-hybridized carbons (Fsp3) is 0.625. The van der Waals surface area contributed by atoms with Crippen LogP contribution in [0.25, 0.3) is 0 Å². The zero-order valence-electron chi connectivity index (χ0n) is 12.6. The van der Waals surface area contributed by atoms with Crippen LogP contribution in [0.15, 0.2) is 22.7 Å².